The highest BCUT2D eigenvalue weighted by atomic mass is 79.9. The molecular weight excluding hydrogens is 338 g/mol. The van der Waals surface area contributed by atoms with Crippen LogP contribution >= 0.6 is 27.3 Å². The lowest BCUT2D eigenvalue weighted by atomic mass is 10.1. The largest absolute Gasteiger partial charge is 0.487 e. The fraction of sp³-hybridized carbons (Fsp3) is 0.400. The topological polar surface area (TPSA) is 42.4 Å². The lowest BCUT2D eigenvalue weighted by Gasteiger charge is -2.13. The van der Waals surface area contributed by atoms with E-state index in [9.17, 15) is 5.11 Å². The minimum atomic E-state index is -0.556. The monoisotopic (exact) mass is 355 g/mol. The van der Waals surface area contributed by atoms with Gasteiger partial charge >= 0.3 is 0 Å². The Bertz CT molecular complexity index is 581. The van der Waals surface area contributed by atoms with Crippen molar-refractivity contribution in [3.8, 4) is 5.75 Å². The summed E-state index contributed by atoms with van der Waals surface area (Å²) in [5, 5.41) is 12.9. The zero-order valence-electron chi connectivity index (χ0n) is 11.8. The van der Waals surface area contributed by atoms with E-state index in [1.165, 1.54) is 0 Å². The molecule has 5 heteroatoms. The molecule has 1 heterocycles. The molecule has 3 nitrogen and oxygen atoms in total. The maximum absolute atomic E-state index is 9.76. The van der Waals surface area contributed by atoms with E-state index in [2.05, 4.69) is 34.8 Å². The third kappa shape index (κ3) is 3.81. The van der Waals surface area contributed by atoms with Gasteiger partial charge in [-0.2, -0.15) is 0 Å². The number of nitrogens with zero attached hydrogens (tertiary/aromatic N) is 1. The van der Waals surface area contributed by atoms with E-state index in [0.717, 1.165) is 20.7 Å². The molecule has 1 atom stereocenters. The summed E-state index contributed by atoms with van der Waals surface area (Å²) < 4.78 is 6.74. The van der Waals surface area contributed by atoms with Gasteiger partial charge in [-0.3, -0.25) is 0 Å². The molecule has 0 aliphatic carbocycles. The van der Waals surface area contributed by atoms with Gasteiger partial charge in [0, 0.05) is 21.3 Å². The second kappa shape index (κ2) is 6.70. The van der Waals surface area contributed by atoms with Crippen molar-refractivity contribution in [3.63, 3.8) is 0 Å². The zero-order chi connectivity index (χ0) is 14.7. The molecule has 1 N–H and O–H groups in total. The Balaban J connectivity index is 2.11. The van der Waals surface area contributed by atoms with E-state index in [0.29, 0.717) is 18.3 Å². The maximum Gasteiger partial charge on any atom is 0.131 e. The van der Waals surface area contributed by atoms with Gasteiger partial charge < -0.3 is 9.84 Å². The van der Waals surface area contributed by atoms with Crippen LogP contribution in [0, 0.1) is 0 Å². The van der Waals surface area contributed by atoms with Gasteiger partial charge in [-0.15, -0.1) is 11.3 Å². The van der Waals surface area contributed by atoms with Gasteiger partial charge in [0.15, 0.2) is 0 Å². The second-order valence-electron chi connectivity index (χ2n) is 4.98. The van der Waals surface area contributed by atoms with Crippen molar-refractivity contribution in [3.05, 3.63) is 44.3 Å². The van der Waals surface area contributed by atoms with Gasteiger partial charge in [0.05, 0.1) is 16.8 Å². The van der Waals surface area contributed by atoms with Crippen LogP contribution in [-0.2, 0) is 6.61 Å². The van der Waals surface area contributed by atoms with Crippen molar-refractivity contribution < 1.29 is 9.84 Å². The molecular formula is C15H18BrNO2S. The highest BCUT2D eigenvalue weighted by Crippen LogP contribution is 2.29. The molecule has 0 saturated carbocycles. The van der Waals surface area contributed by atoms with Crippen LogP contribution in [0.2, 0.25) is 0 Å². The van der Waals surface area contributed by atoms with Crippen LogP contribution in [0.25, 0.3) is 0 Å². The van der Waals surface area contributed by atoms with Gasteiger partial charge in [-0.05, 0) is 19.1 Å². The number of rotatable bonds is 5. The predicted molar refractivity (Wildman–Crippen MR) is 85.3 cm³/mol. The van der Waals surface area contributed by atoms with E-state index in [4.69, 9.17) is 4.74 Å². The maximum atomic E-state index is 9.76. The lowest BCUT2D eigenvalue weighted by molar-refractivity contribution is 0.190. The number of halogens is 1. The Labute approximate surface area is 131 Å². The van der Waals surface area contributed by atoms with Crippen molar-refractivity contribution in [1.29, 1.82) is 0 Å². The number of aliphatic hydroxyl groups is 1. The minimum Gasteiger partial charge on any atom is -0.487 e. The van der Waals surface area contributed by atoms with E-state index < -0.39 is 6.10 Å². The molecule has 0 radical (unpaired) electrons. The fourth-order valence-electron chi connectivity index (χ4n) is 1.78. The first-order chi connectivity index (χ1) is 9.47. The number of hydrogen-bond acceptors (Lipinski definition) is 4. The SMILES string of the molecule is CC(C)c1nc(COc2cc(Br)ccc2[C@@H](C)O)cs1. The van der Waals surface area contributed by atoms with Gasteiger partial charge in [0.1, 0.15) is 12.4 Å². The Morgan fingerprint density at radius 1 is 1.35 bits per heavy atom. The summed E-state index contributed by atoms with van der Waals surface area (Å²) in [6.07, 6.45) is -0.556. The summed E-state index contributed by atoms with van der Waals surface area (Å²) in [5.74, 6) is 1.13. The molecule has 108 valence electrons. The smallest absolute Gasteiger partial charge is 0.131 e. The third-order valence-corrected chi connectivity index (χ3v) is 4.55. The molecule has 1 aromatic heterocycles. The Hall–Kier alpha value is -0.910. The van der Waals surface area contributed by atoms with Gasteiger partial charge in [0.2, 0.25) is 0 Å². The van der Waals surface area contributed by atoms with Crippen LogP contribution in [0.1, 0.15) is 49.1 Å². The number of hydrogen-bond donors (Lipinski definition) is 1. The number of thiazole rings is 1. The molecule has 0 aliphatic heterocycles. The summed E-state index contributed by atoms with van der Waals surface area (Å²) in [6.45, 7) is 6.40. The van der Waals surface area contributed by atoms with Crippen LogP contribution in [0.4, 0.5) is 0 Å². The van der Waals surface area contributed by atoms with Gasteiger partial charge in [0.25, 0.3) is 0 Å². The number of aromatic nitrogens is 1. The summed E-state index contributed by atoms with van der Waals surface area (Å²) in [7, 11) is 0. The zero-order valence-corrected chi connectivity index (χ0v) is 14.2. The average molecular weight is 356 g/mol. The Morgan fingerprint density at radius 2 is 2.10 bits per heavy atom. The highest BCUT2D eigenvalue weighted by molar-refractivity contribution is 9.10. The molecule has 0 unspecified atom stereocenters. The summed E-state index contributed by atoms with van der Waals surface area (Å²) in [6, 6.07) is 5.64. The standard InChI is InChI=1S/C15H18BrNO2S/c1-9(2)15-17-12(8-20-15)7-19-14-6-11(16)4-5-13(14)10(3)18/h4-6,8-10,18H,7H2,1-3H3/t10-/m1/s1. The first-order valence-electron chi connectivity index (χ1n) is 6.52. The second-order valence-corrected chi connectivity index (χ2v) is 6.78. The quantitative estimate of drug-likeness (QED) is 0.847. The number of benzene rings is 1. The van der Waals surface area contributed by atoms with Crippen molar-refractivity contribution in [2.75, 3.05) is 0 Å². The summed E-state index contributed by atoms with van der Waals surface area (Å²) >= 11 is 5.08. The first kappa shape index (κ1) is 15.5. The van der Waals surface area contributed by atoms with Crippen molar-refractivity contribution in [2.24, 2.45) is 0 Å². The van der Waals surface area contributed by atoms with Crippen LogP contribution in [0.3, 0.4) is 0 Å². The molecule has 0 saturated heterocycles. The average Bonchev–Trinajstić information content (AvgIpc) is 2.85. The van der Waals surface area contributed by atoms with Gasteiger partial charge in [-0.25, -0.2) is 4.98 Å². The first-order valence-corrected chi connectivity index (χ1v) is 8.19. The van der Waals surface area contributed by atoms with E-state index in [1.54, 1.807) is 18.3 Å². The van der Waals surface area contributed by atoms with E-state index in [-0.39, 0.29) is 0 Å². The fourth-order valence-corrected chi connectivity index (χ4v) is 2.94. The molecule has 0 aliphatic rings. The molecule has 0 fully saturated rings. The lowest BCUT2D eigenvalue weighted by Crippen LogP contribution is -2.01. The van der Waals surface area contributed by atoms with Crippen molar-refractivity contribution >= 4 is 27.3 Å². The summed E-state index contributed by atoms with van der Waals surface area (Å²) in [4.78, 5) is 4.54. The predicted octanol–water partition coefficient (Wildman–Crippen LogP) is 4.66. The molecule has 0 amide bonds. The van der Waals surface area contributed by atoms with E-state index in [1.807, 2.05) is 23.6 Å². The number of ether oxygens (including phenoxy) is 1. The van der Waals surface area contributed by atoms with Gasteiger partial charge in [-0.1, -0.05) is 35.8 Å². The summed E-state index contributed by atoms with van der Waals surface area (Å²) in [5.41, 5.74) is 1.71. The molecule has 1 aromatic carbocycles. The van der Waals surface area contributed by atoms with Crippen LogP contribution < -0.4 is 4.74 Å². The molecule has 0 bridgehead atoms. The molecule has 20 heavy (non-hydrogen) atoms. The third-order valence-electron chi connectivity index (χ3n) is 2.86. The highest BCUT2D eigenvalue weighted by Gasteiger charge is 2.11. The van der Waals surface area contributed by atoms with E-state index >= 15 is 0 Å². The molecule has 2 aromatic rings. The minimum absolute atomic E-state index is 0.416. The van der Waals surface area contributed by atoms with Crippen molar-refractivity contribution in [2.45, 2.75) is 39.4 Å². The molecule has 2 rings (SSSR count). The Kier molecular flexibility index (Phi) is 5.18. The van der Waals surface area contributed by atoms with Crippen LogP contribution in [-0.4, -0.2) is 10.1 Å². The van der Waals surface area contributed by atoms with Crippen LogP contribution in [0.15, 0.2) is 28.1 Å². The number of aliphatic hydroxyl groups excluding tert-OH is 1. The van der Waals surface area contributed by atoms with Crippen LogP contribution in [0.5, 0.6) is 5.75 Å². The molecule has 0 spiro atoms. The Morgan fingerprint density at radius 3 is 2.70 bits per heavy atom. The normalized spacial score (nSPS) is 12.7. The van der Waals surface area contributed by atoms with Crippen molar-refractivity contribution in [1.82, 2.24) is 4.98 Å².